The van der Waals surface area contributed by atoms with Crippen molar-refractivity contribution < 1.29 is 14.3 Å². The summed E-state index contributed by atoms with van der Waals surface area (Å²) in [7, 11) is 0. The van der Waals surface area contributed by atoms with Crippen molar-refractivity contribution in [2.24, 2.45) is 0 Å². The summed E-state index contributed by atoms with van der Waals surface area (Å²) in [5.74, 6) is 1.07. The van der Waals surface area contributed by atoms with Gasteiger partial charge in [0, 0.05) is 22.0 Å². The molecule has 0 fully saturated rings. The van der Waals surface area contributed by atoms with E-state index < -0.39 is 0 Å². The molecule has 0 bridgehead atoms. The zero-order valence-electron chi connectivity index (χ0n) is 16.1. The number of aromatic nitrogens is 1. The van der Waals surface area contributed by atoms with Crippen LogP contribution in [-0.2, 0) is 4.79 Å². The first-order chi connectivity index (χ1) is 14.1. The molecule has 7 heteroatoms. The number of thiazole rings is 1. The first-order valence-electron chi connectivity index (χ1n) is 9.19. The Morgan fingerprint density at radius 2 is 1.90 bits per heavy atom. The van der Waals surface area contributed by atoms with Crippen molar-refractivity contribution >= 4 is 40.1 Å². The Morgan fingerprint density at radius 1 is 1.14 bits per heavy atom. The van der Waals surface area contributed by atoms with Crippen molar-refractivity contribution in [3.8, 4) is 22.8 Å². The minimum atomic E-state index is -0.267. The van der Waals surface area contributed by atoms with Crippen molar-refractivity contribution in [3.05, 3.63) is 64.5 Å². The topological polar surface area (TPSA) is 60.5 Å². The van der Waals surface area contributed by atoms with Crippen LogP contribution in [-0.4, -0.2) is 24.1 Å². The summed E-state index contributed by atoms with van der Waals surface area (Å²) in [5, 5.41) is 5.77. The van der Waals surface area contributed by atoms with Crippen LogP contribution in [0.4, 0.5) is 5.13 Å². The maximum atomic E-state index is 12.3. The highest BCUT2D eigenvalue weighted by atomic mass is 35.5. The molecule has 1 aromatic heterocycles. The lowest BCUT2D eigenvalue weighted by Crippen LogP contribution is -2.07. The minimum Gasteiger partial charge on any atom is -0.490 e. The third-order valence-electron chi connectivity index (χ3n) is 3.88. The number of benzene rings is 2. The van der Waals surface area contributed by atoms with Crippen LogP contribution >= 0.6 is 22.9 Å². The normalized spacial score (nSPS) is 10.9. The number of amides is 1. The first kappa shape index (κ1) is 20.9. The summed E-state index contributed by atoms with van der Waals surface area (Å²) >= 11 is 7.55. The van der Waals surface area contributed by atoms with E-state index in [-0.39, 0.29) is 5.91 Å². The molecule has 5 nitrogen and oxygen atoms in total. The predicted octanol–water partition coefficient (Wildman–Crippen LogP) is 5.91. The molecule has 1 N–H and O–H groups in total. The van der Waals surface area contributed by atoms with E-state index in [1.165, 1.54) is 17.4 Å². The van der Waals surface area contributed by atoms with Crippen LogP contribution in [0.25, 0.3) is 17.3 Å². The zero-order valence-corrected chi connectivity index (χ0v) is 17.7. The Labute approximate surface area is 179 Å². The van der Waals surface area contributed by atoms with Gasteiger partial charge < -0.3 is 9.47 Å². The average Bonchev–Trinajstić information content (AvgIpc) is 3.17. The molecule has 29 heavy (non-hydrogen) atoms. The van der Waals surface area contributed by atoms with Crippen LogP contribution in [0.15, 0.2) is 53.9 Å². The van der Waals surface area contributed by atoms with Gasteiger partial charge in [-0.25, -0.2) is 4.98 Å². The molecule has 0 radical (unpaired) electrons. The van der Waals surface area contributed by atoms with E-state index in [0.29, 0.717) is 34.9 Å². The second-order valence-corrected chi connectivity index (χ2v) is 7.18. The summed E-state index contributed by atoms with van der Waals surface area (Å²) in [6, 6.07) is 13.0. The summed E-state index contributed by atoms with van der Waals surface area (Å²) in [6.45, 7) is 4.92. The van der Waals surface area contributed by atoms with E-state index in [4.69, 9.17) is 21.1 Å². The SMILES string of the molecule is CCOc1ccc(/C=C/C(=O)Nc2nc(-c3ccccc3Cl)cs2)cc1OCC. The highest BCUT2D eigenvalue weighted by Gasteiger charge is 2.09. The van der Waals surface area contributed by atoms with Gasteiger partial charge in [-0.15, -0.1) is 11.3 Å². The smallest absolute Gasteiger partial charge is 0.250 e. The van der Waals surface area contributed by atoms with Crippen molar-refractivity contribution in [3.63, 3.8) is 0 Å². The van der Waals surface area contributed by atoms with Crippen molar-refractivity contribution in [2.75, 3.05) is 18.5 Å². The van der Waals surface area contributed by atoms with Crippen LogP contribution < -0.4 is 14.8 Å². The zero-order chi connectivity index (χ0) is 20.6. The lowest BCUT2D eigenvalue weighted by molar-refractivity contribution is -0.111. The van der Waals surface area contributed by atoms with Crippen LogP contribution in [0.3, 0.4) is 0 Å². The molecule has 1 amide bonds. The molecule has 0 aliphatic heterocycles. The van der Waals surface area contributed by atoms with Crippen molar-refractivity contribution in [1.82, 2.24) is 4.98 Å². The fraction of sp³-hybridized carbons (Fsp3) is 0.182. The number of nitrogens with one attached hydrogen (secondary N) is 1. The Hall–Kier alpha value is -2.83. The van der Waals surface area contributed by atoms with E-state index in [1.54, 1.807) is 6.08 Å². The van der Waals surface area contributed by atoms with Gasteiger partial charge in [-0.3, -0.25) is 10.1 Å². The fourth-order valence-corrected chi connectivity index (χ4v) is 3.56. The minimum absolute atomic E-state index is 0.267. The van der Waals surface area contributed by atoms with E-state index in [9.17, 15) is 4.79 Å². The molecule has 0 aliphatic rings. The molecule has 3 aromatic rings. The highest BCUT2D eigenvalue weighted by molar-refractivity contribution is 7.14. The van der Waals surface area contributed by atoms with E-state index in [1.807, 2.05) is 61.7 Å². The maximum absolute atomic E-state index is 12.3. The molecule has 0 spiro atoms. The predicted molar refractivity (Wildman–Crippen MR) is 119 cm³/mol. The van der Waals surface area contributed by atoms with E-state index in [0.717, 1.165) is 16.8 Å². The lowest BCUT2D eigenvalue weighted by Gasteiger charge is -2.11. The molecule has 0 unspecified atom stereocenters. The second-order valence-electron chi connectivity index (χ2n) is 5.91. The number of anilines is 1. The molecular weight excluding hydrogens is 408 g/mol. The Balaban J connectivity index is 1.67. The molecule has 0 atom stereocenters. The number of nitrogens with zero attached hydrogens (tertiary/aromatic N) is 1. The second kappa shape index (κ2) is 10.1. The summed E-state index contributed by atoms with van der Waals surface area (Å²) < 4.78 is 11.2. The lowest BCUT2D eigenvalue weighted by atomic mass is 10.2. The van der Waals surface area contributed by atoms with Gasteiger partial charge in [0.25, 0.3) is 0 Å². The third-order valence-corrected chi connectivity index (χ3v) is 4.97. The number of hydrogen-bond acceptors (Lipinski definition) is 5. The van der Waals surface area contributed by atoms with Gasteiger partial charge in [0.1, 0.15) is 0 Å². The monoisotopic (exact) mass is 428 g/mol. The molecule has 0 saturated carbocycles. The summed E-state index contributed by atoms with van der Waals surface area (Å²) in [5.41, 5.74) is 2.40. The van der Waals surface area contributed by atoms with Crippen LogP contribution in [0.1, 0.15) is 19.4 Å². The Morgan fingerprint density at radius 3 is 2.66 bits per heavy atom. The Bertz CT molecular complexity index is 1020. The fourth-order valence-electron chi connectivity index (χ4n) is 2.61. The highest BCUT2D eigenvalue weighted by Crippen LogP contribution is 2.31. The molecule has 0 saturated heterocycles. The van der Waals surface area contributed by atoms with E-state index in [2.05, 4.69) is 10.3 Å². The van der Waals surface area contributed by atoms with Gasteiger partial charge in [0.15, 0.2) is 16.6 Å². The number of carbonyl (C=O) groups is 1. The quantitative estimate of drug-likeness (QED) is 0.453. The van der Waals surface area contributed by atoms with Gasteiger partial charge in [0.2, 0.25) is 5.91 Å². The molecule has 150 valence electrons. The number of hydrogen-bond donors (Lipinski definition) is 1. The largest absolute Gasteiger partial charge is 0.490 e. The standard InChI is InChI=1S/C22H21ClN2O3S/c1-3-27-19-11-9-15(13-20(19)28-4-2)10-12-21(26)25-22-24-18(14-29-22)16-7-5-6-8-17(16)23/h5-14H,3-4H2,1-2H3,(H,24,25,26)/b12-10+. The van der Waals surface area contributed by atoms with Gasteiger partial charge in [0.05, 0.1) is 18.9 Å². The molecule has 0 aliphatic carbocycles. The van der Waals surface area contributed by atoms with Crippen LogP contribution in [0.2, 0.25) is 5.02 Å². The Kier molecular flexibility index (Phi) is 7.27. The van der Waals surface area contributed by atoms with Gasteiger partial charge in [-0.2, -0.15) is 0 Å². The average molecular weight is 429 g/mol. The van der Waals surface area contributed by atoms with Crippen molar-refractivity contribution in [1.29, 1.82) is 0 Å². The van der Waals surface area contributed by atoms with E-state index >= 15 is 0 Å². The van der Waals surface area contributed by atoms with Gasteiger partial charge in [-0.05, 0) is 43.7 Å². The number of carbonyl (C=O) groups excluding carboxylic acids is 1. The van der Waals surface area contributed by atoms with Crippen LogP contribution in [0.5, 0.6) is 11.5 Å². The number of ether oxygens (including phenoxy) is 2. The molecule has 3 rings (SSSR count). The van der Waals surface area contributed by atoms with Crippen LogP contribution in [0, 0.1) is 0 Å². The maximum Gasteiger partial charge on any atom is 0.250 e. The molecule has 2 aromatic carbocycles. The van der Waals surface area contributed by atoms with Gasteiger partial charge in [-0.1, -0.05) is 35.9 Å². The number of halogens is 1. The number of rotatable bonds is 8. The summed E-state index contributed by atoms with van der Waals surface area (Å²) in [6.07, 6.45) is 3.18. The van der Waals surface area contributed by atoms with Crippen molar-refractivity contribution in [2.45, 2.75) is 13.8 Å². The van der Waals surface area contributed by atoms with Gasteiger partial charge >= 0.3 is 0 Å². The molecule has 1 heterocycles. The first-order valence-corrected chi connectivity index (χ1v) is 10.5. The third kappa shape index (κ3) is 5.59. The summed E-state index contributed by atoms with van der Waals surface area (Å²) in [4.78, 5) is 16.7. The molecular formula is C22H21ClN2O3S.